The van der Waals surface area contributed by atoms with Crippen molar-refractivity contribution in [3.05, 3.63) is 40.5 Å². The number of rotatable bonds is 12. The molecule has 0 saturated carbocycles. The van der Waals surface area contributed by atoms with Gasteiger partial charge in [-0.2, -0.15) is 4.37 Å². The number of nitrogens with one attached hydrogen (secondary N) is 2. The van der Waals surface area contributed by atoms with Crippen LogP contribution in [0.25, 0.3) is 0 Å². The third kappa shape index (κ3) is 7.84. The van der Waals surface area contributed by atoms with E-state index in [0.29, 0.717) is 37.5 Å². The molecule has 2 aromatic rings. The normalized spacial score (nSPS) is 14.9. The molecule has 1 aliphatic heterocycles. The molecule has 9 nitrogen and oxygen atoms in total. The molecule has 4 N–H and O–H groups in total. The third-order valence-corrected chi connectivity index (χ3v) is 6.73. The second-order valence-corrected chi connectivity index (χ2v) is 9.62. The van der Waals surface area contributed by atoms with Crippen LogP contribution in [-0.4, -0.2) is 63.8 Å². The number of urea groups is 1. The van der Waals surface area contributed by atoms with Gasteiger partial charge in [0.25, 0.3) is 0 Å². The average molecular weight is 527 g/mol. The highest BCUT2D eigenvalue weighted by Crippen LogP contribution is 2.31. The average Bonchev–Trinajstić information content (AvgIpc) is 3.25. The summed E-state index contributed by atoms with van der Waals surface area (Å²) >= 11 is 0.709. The summed E-state index contributed by atoms with van der Waals surface area (Å²) < 4.78 is 37.0. The first-order valence-electron chi connectivity index (χ1n) is 12.0. The predicted octanol–water partition coefficient (Wildman–Crippen LogP) is 4.15. The Morgan fingerprint density at radius 1 is 1.19 bits per heavy atom. The summed E-state index contributed by atoms with van der Waals surface area (Å²) in [5.41, 5.74) is -0.318. The van der Waals surface area contributed by atoms with Gasteiger partial charge in [-0.05, 0) is 69.2 Å². The zero-order valence-electron chi connectivity index (χ0n) is 20.2. The molecule has 1 aromatic carbocycles. The van der Waals surface area contributed by atoms with Gasteiger partial charge >= 0.3 is 12.0 Å². The minimum atomic E-state index is -1.38. The number of carbonyl (C=O) groups excluding carboxylic acids is 1. The Hall–Kier alpha value is -2.83. The van der Waals surface area contributed by atoms with Crippen molar-refractivity contribution in [2.75, 3.05) is 31.5 Å². The van der Waals surface area contributed by atoms with Crippen LogP contribution in [0.4, 0.5) is 18.6 Å². The Labute approximate surface area is 212 Å². The number of β-amino-alcohol motifs (C(OH)–C–C–N with tert-alkyl or cyclic N) is 1. The zero-order valence-corrected chi connectivity index (χ0v) is 21.0. The van der Waals surface area contributed by atoms with Crippen molar-refractivity contribution >= 4 is 28.5 Å². The van der Waals surface area contributed by atoms with Crippen LogP contribution in [0.2, 0.25) is 0 Å². The largest absolute Gasteiger partial charge is 0.477 e. The summed E-state index contributed by atoms with van der Waals surface area (Å²) in [5.74, 6) is -3.75. The van der Waals surface area contributed by atoms with E-state index in [4.69, 9.17) is 4.74 Å². The molecule has 36 heavy (non-hydrogen) atoms. The van der Waals surface area contributed by atoms with Crippen LogP contribution < -0.4 is 15.4 Å². The van der Waals surface area contributed by atoms with E-state index in [1.807, 2.05) is 0 Å². The van der Waals surface area contributed by atoms with Gasteiger partial charge in [0.05, 0.1) is 6.10 Å². The van der Waals surface area contributed by atoms with Crippen molar-refractivity contribution < 1.29 is 33.3 Å². The van der Waals surface area contributed by atoms with Crippen LogP contribution in [0.5, 0.6) is 5.88 Å². The fourth-order valence-corrected chi connectivity index (χ4v) is 4.70. The van der Waals surface area contributed by atoms with E-state index < -0.39 is 36.3 Å². The lowest BCUT2D eigenvalue weighted by Crippen LogP contribution is -2.36. The first kappa shape index (κ1) is 27.8. The van der Waals surface area contributed by atoms with Crippen molar-refractivity contribution in [1.29, 1.82) is 0 Å². The number of likely N-dealkylation sites (tertiary alicyclic amines) is 1. The molecule has 12 heteroatoms. The fraction of sp³-hybridized carbons (Fsp3) is 0.542. The monoisotopic (exact) mass is 526 g/mol. The maximum Gasteiger partial charge on any atom is 0.344 e. The molecular formula is C24H32F2N4O5S. The van der Waals surface area contributed by atoms with E-state index in [9.17, 15) is 28.6 Å². The number of aromatic nitrogens is 1. The van der Waals surface area contributed by atoms with E-state index in [0.717, 1.165) is 19.5 Å². The van der Waals surface area contributed by atoms with E-state index in [1.54, 1.807) is 0 Å². The number of halogens is 2. The van der Waals surface area contributed by atoms with E-state index in [2.05, 4.69) is 19.9 Å². The second-order valence-electron chi connectivity index (χ2n) is 8.85. The predicted molar refractivity (Wildman–Crippen MR) is 132 cm³/mol. The number of nitrogens with zero attached hydrogens (tertiary/aromatic N) is 2. The minimum Gasteiger partial charge on any atom is -0.477 e. The molecule has 0 bridgehead atoms. The number of aliphatic hydroxyl groups excluding tert-OH is 1. The number of ether oxygens (including phenoxy) is 1. The van der Waals surface area contributed by atoms with Crippen molar-refractivity contribution in [1.82, 2.24) is 14.6 Å². The van der Waals surface area contributed by atoms with Gasteiger partial charge in [0.1, 0.15) is 11.6 Å². The highest BCUT2D eigenvalue weighted by molar-refractivity contribution is 7.11. The lowest BCUT2D eigenvalue weighted by atomic mass is 10.1. The Kier molecular flexibility index (Phi) is 10.4. The first-order chi connectivity index (χ1) is 17.3. The molecule has 2 amide bonds. The molecule has 198 valence electrons. The molecule has 1 atom stereocenters. The molecule has 3 rings (SSSR count). The SMILES string of the molecule is Cc1ccc(COc2nsc(NC(=O)NCCCCC(O)CN3CCCCC3)c2C(=O)O)c(F)c1F. The summed E-state index contributed by atoms with van der Waals surface area (Å²) in [5, 5.41) is 24.8. The van der Waals surface area contributed by atoms with E-state index >= 15 is 0 Å². The van der Waals surface area contributed by atoms with E-state index in [-0.39, 0.29) is 27.6 Å². The number of unbranched alkanes of at least 4 members (excludes halogenated alkanes) is 1. The van der Waals surface area contributed by atoms with Crippen LogP contribution >= 0.6 is 11.5 Å². The maximum absolute atomic E-state index is 14.1. The van der Waals surface area contributed by atoms with Crippen molar-refractivity contribution in [2.24, 2.45) is 0 Å². The molecule has 1 unspecified atom stereocenters. The summed E-state index contributed by atoms with van der Waals surface area (Å²) in [6.45, 7) is 4.08. The van der Waals surface area contributed by atoms with Gasteiger partial charge < -0.3 is 25.2 Å². The van der Waals surface area contributed by atoms with Crippen LogP contribution in [0.1, 0.15) is 60.0 Å². The quantitative estimate of drug-likeness (QED) is 0.306. The van der Waals surface area contributed by atoms with Crippen molar-refractivity contribution in [3.63, 3.8) is 0 Å². The van der Waals surface area contributed by atoms with Crippen LogP contribution in [-0.2, 0) is 6.61 Å². The number of amides is 2. The Balaban J connectivity index is 1.43. The molecule has 1 aliphatic rings. The van der Waals surface area contributed by atoms with Crippen LogP contribution in [0, 0.1) is 18.6 Å². The summed E-state index contributed by atoms with van der Waals surface area (Å²) in [6, 6.07) is 2.14. The van der Waals surface area contributed by atoms with Crippen molar-refractivity contribution in [3.8, 4) is 5.88 Å². The molecule has 1 aromatic heterocycles. The number of carboxylic acid groups (broad SMARTS) is 1. The van der Waals surface area contributed by atoms with Crippen LogP contribution in [0.3, 0.4) is 0 Å². The van der Waals surface area contributed by atoms with Gasteiger partial charge in [-0.1, -0.05) is 18.6 Å². The number of benzene rings is 1. The van der Waals surface area contributed by atoms with Gasteiger partial charge in [-0.15, -0.1) is 0 Å². The molecule has 2 heterocycles. The minimum absolute atomic E-state index is 0.0393. The first-order valence-corrected chi connectivity index (χ1v) is 12.8. The molecule has 1 saturated heterocycles. The number of aryl methyl sites for hydroxylation is 1. The number of aliphatic hydroxyl groups is 1. The number of carbonyl (C=O) groups is 2. The highest BCUT2D eigenvalue weighted by atomic mass is 32.1. The zero-order chi connectivity index (χ0) is 26.1. The smallest absolute Gasteiger partial charge is 0.344 e. The van der Waals surface area contributed by atoms with Crippen molar-refractivity contribution in [2.45, 2.75) is 58.2 Å². The standard InChI is InChI=1S/C24H32F2N4O5S/c1-15-8-9-16(20(26)19(15)25)14-35-21-18(23(32)33)22(36-29-21)28-24(34)27-10-4-3-7-17(31)13-30-11-5-2-6-12-30/h8-9,17,31H,2-7,10-14H2,1H3,(H,32,33)(H2,27,28,34). The number of anilines is 1. The van der Waals surface area contributed by atoms with Gasteiger partial charge in [0.2, 0.25) is 5.88 Å². The van der Waals surface area contributed by atoms with E-state index in [1.165, 1.54) is 38.3 Å². The van der Waals surface area contributed by atoms with Gasteiger partial charge in [-0.25, -0.2) is 18.4 Å². The molecule has 0 aliphatic carbocycles. The summed E-state index contributed by atoms with van der Waals surface area (Å²) in [4.78, 5) is 26.2. The van der Waals surface area contributed by atoms with Gasteiger partial charge in [0.15, 0.2) is 17.2 Å². The number of hydrogen-bond acceptors (Lipinski definition) is 7. The number of aromatic carboxylic acids is 1. The molecule has 0 spiro atoms. The second kappa shape index (κ2) is 13.5. The van der Waals surface area contributed by atoms with Gasteiger partial charge in [0, 0.05) is 18.7 Å². The topological polar surface area (TPSA) is 124 Å². The van der Waals surface area contributed by atoms with Gasteiger partial charge in [-0.3, -0.25) is 5.32 Å². The summed E-state index contributed by atoms with van der Waals surface area (Å²) in [7, 11) is 0. The van der Waals surface area contributed by atoms with Crippen LogP contribution in [0.15, 0.2) is 12.1 Å². The molecule has 1 fully saturated rings. The fourth-order valence-electron chi connectivity index (χ4n) is 3.98. The molecule has 0 radical (unpaired) electrons. The Morgan fingerprint density at radius 3 is 2.67 bits per heavy atom. The number of piperidine rings is 1. The Bertz CT molecular complexity index is 1050. The third-order valence-electron chi connectivity index (χ3n) is 5.99. The number of carboxylic acids is 1. The lowest BCUT2D eigenvalue weighted by Gasteiger charge is -2.28. The molecular weight excluding hydrogens is 494 g/mol. The summed E-state index contributed by atoms with van der Waals surface area (Å²) in [6.07, 6.45) is 5.25. The number of hydrogen-bond donors (Lipinski definition) is 4. The lowest BCUT2D eigenvalue weighted by molar-refractivity contribution is 0.0692. The Morgan fingerprint density at radius 2 is 1.94 bits per heavy atom. The highest BCUT2D eigenvalue weighted by Gasteiger charge is 2.24. The maximum atomic E-state index is 14.1.